The lowest BCUT2D eigenvalue weighted by atomic mass is 10.0. The van der Waals surface area contributed by atoms with Crippen LogP contribution in [0.2, 0.25) is 0 Å². The Morgan fingerprint density at radius 3 is 2.17 bits per heavy atom. The molecule has 0 saturated heterocycles. The van der Waals surface area contributed by atoms with Crippen molar-refractivity contribution in [2.75, 3.05) is 17.1 Å². The Labute approximate surface area is 169 Å². The summed E-state index contributed by atoms with van der Waals surface area (Å²) in [6.07, 6.45) is 2.37. The predicted octanol–water partition coefficient (Wildman–Crippen LogP) is 2.42. The number of carbonyl (C=O) groups excluding carboxylic acids is 1. The number of aromatic carboxylic acids is 1. The fourth-order valence-electron chi connectivity index (χ4n) is 2.48. The van der Waals surface area contributed by atoms with Gasteiger partial charge < -0.3 is 5.11 Å². The number of hydrazone groups is 1. The van der Waals surface area contributed by atoms with Gasteiger partial charge in [-0.3, -0.25) is 9.10 Å². The smallest absolute Gasteiger partial charge is 0.335 e. The van der Waals surface area contributed by atoms with E-state index in [9.17, 15) is 18.0 Å². The molecular weight excluding hydrogens is 394 g/mol. The van der Waals surface area contributed by atoms with Crippen LogP contribution < -0.4 is 9.73 Å². The third-order valence-electron chi connectivity index (χ3n) is 4.10. The molecular formula is C20H23N3O5S. The number of hydrogen-bond donors (Lipinski definition) is 2. The monoisotopic (exact) mass is 417 g/mol. The molecule has 0 saturated carbocycles. The Balaban J connectivity index is 2.05. The second kappa shape index (κ2) is 9.33. The molecule has 0 bridgehead atoms. The van der Waals surface area contributed by atoms with E-state index in [1.165, 1.54) is 30.5 Å². The third kappa shape index (κ3) is 6.42. The van der Waals surface area contributed by atoms with Crippen molar-refractivity contribution in [3.05, 3.63) is 65.2 Å². The van der Waals surface area contributed by atoms with E-state index in [2.05, 4.69) is 10.5 Å². The van der Waals surface area contributed by atoms with E-state index in [-0.39, 0.29) is 5.56 Å². The summed E-state index contributed by atoms with van der Waals surface area (Å²) in [5.74, 6) is -1.34. The van der Waals surface area contributed by atoms with Gasteiger partial charge >= 0.3 is 5.97 Å². The zero-order valence-electron chi connectivity index (χ0n) is 16.4. The minimum Gasteiger partial charge on any atom is -0.478 e. The number of rotatable bonds is 8. The number of benzene rings is 2. The van der Waals surface area contributed by atoms with Crippen molar-refractivity contribution in [2.24, 2.45) is 5.10 Å². The molecule has 0 radical (unpaired) electrons. The normalized spacial score (nSPS) is 11.6. The van der Waals surface area contributed by atoms with Crippen molar-refractivity contribution in [3.63, 3.8) is 0 Å². The highest BCUT2D eigenvalue weighted by atomic mass is 32.2. The number of anilines is 1. The highest BCUT2D eigenvalue weighted by Gasteiger charge is 2.20. The van der Waals surface area contributed by atoms with Crippen LogP contribution in [-0.2, 0) is 14.8 Å². The van der Waals surface area contributed by atoms with Gasteiger partial charge in [0.1, 0.15) is 6.54 Å². The van der Waals surface area contributed by atoms with Gasteiger partial charge in [-0.05, 0) is 41.3 Å². The van der Waals surface area contributed by atoms with Crippen LogP contribution in [0.1, 0.15) is 41.3 Å². The molecule has 0 atom stereocenters. The summed E-state index contributed by atoms with van der Waals surface area (Å²) in [4.78, 5) is 23.0. The first-order valence-corrected chi connectivity index (χ1v) is 10.7. The summed E-state index contributed by atoms with van der Waals surface area (Å²) in [7, 11) is -3.67. The maximum absolute atomic E-state index is 12.2. The zero-order chi connectivity index (χ0) is 21.6. The lowest BCUT2D eigenvalue weighted by Crippen LogP contribution is -2.39. The fraction of sp³-hybridized carbons (Fsp3) is 0.250. The van der Waals surface area contributed by atoms with Crippen LogP contribution in [0.25, 0.3) is 0 Å². The van der Waals surface area contributed by atoms with Crippen molar-refractivity contribution >= 4 is 33.8 Å². The van der Waals surface area contributed by atoms with Crippen molar-refractivity contribution in [2.45, 2.75) is 19.8 Å². The minimum atomic E-state index is -3.67. The van der Waals surface area contributed by atoms with Crippen molar-refractivity contribution in [1.82, 2.24) is 5.43 Å². The molecule has 2 N–H and O–H groups in total. The second-order valence-electron chi connectivity index (χ2n) is 6.74. The molecule has 2 aromatic rings. The number of nitrogens with one attached hydrogen (secondary N) is 1. The Morgan fingerprint density at radius 1 is 1.10 bits per heavy atom. The molecule has 154 valence electrons. The predicted molar refractivity (Wildman–Crippen MR) is 112 cm³/mol. The van der Waals surface area contributed by atoms with E-state index < -0.39 is 28.4 Å². The maximum atomic E-state index is 12.2. The number of sulfonamides is 1. The fourth-order valence-corrected chi connectivity index (χ4v) is 3.34. The summed E-state index contributed by atoms with van der Waals surface area (Å²) in [5, 5.41) is 12.7. The summed E-state index contributed by atoms with van der Waals surface area (Å²) >= 11 is 0. The summed E-state index contributed by atoms with van der Waals surface area (Å²) < 4.78 is 25.3. The number of carbonyl (C=O) groups is 2. The van der Waals surface area contributed by atoms with Gasteiger partial charge in [-0.25, -0.2) is 18.6 Å². The first kappa shape index (κ1) is 22.1. The average molecular weight is 417 g/mol. The quantitative estimate of drug-likeness (QED) is 0.505. The van der Waals surface area contributed by atoms with E-state index in [1.54, 1.807) is 12.1 Å². The Hall–Kier alpha value is -3.20. The van der Waals surface area contributed by atoms with Crippen LogP contribution in [0.5, 0.6) is 0 Å². The van der Waals surface area contributed by atoms with Gasteiger partial charge in [0, 0.05) is 0 Å². The van der Waals surface area contributed by atoms with Crippen molar-refractivity contribution in [1.29, 1.82) is 0 Å². The topological polar surface area (TPSA) is 116 Å². The number of hydrogen-bond acceptors (Lipinski definition) is 5. The first-order chi connectivity index (χ1) is 13.6. The van der Waals surface area contributed by atoms with Crippen LogP contribution in [0.15, 0.2) is 53.6 Å². The average Bonchev–Trinajstić information content (AvgIpc) is 2.65. The zero-order valence-corrected chi connectivity index (χ0v) is 17.2. The molecule has 0 aliphatic rings. The van der Waals surface area contributed by atoms with Crippen LogP contribution in [-0.4, -0.2) is 44.4 Å². The van der Waals surface area contributed by atoms with Crippen molar-refractivity contribution in [3.8, 4) is 0 Å². The Morgan fingerprint density at radius 2 is 1.69 bits per heavy atom. The molecule has 2 rings (SSSR count). The largest absolute Gasteiger partial charge is 0.478 e. The summed E-state index contributed by atoms with van der Waals surface area (Å²) in [5.41, 5.74) is 4.45. The van der Waals surface area contributed by atoms with Crippen LogP contribution >= 0.6 is 0 Å². The summed E-state index contributed by atoms with van der Waals surface area (Å²) in [6.45, 7) is 3.64. The Kier molecular flexibility index (Phi) is 7.11. The molecule has 1 amide bonds. The molecule has 0 fully saturated rings. The van der Waals surface area contributed by atoms with Crippen LogP contribution in [0.3, 0.4) is 0 Å². The molecule has 2 aromatic carbocycles. The summed E-state index contributed by atoms with van der Waals surface area (Å²) in [6, 6.07) is 12.9. The maximum Gasteiger partial charge on any atom is 0.335 e. The molecule has 0 aliphatic heterocycles. The molecule has 0 aliphatic carbocycles. The number of carboxylic acids is 1. The molecule has 29 heavy (non-hydrogen) atoms. The van der Waals surface area contributed by atoms with Gasteiger partial charge in [-0.15, -0.1) is 0 Å². The molecule has 0 heterocycles. The van der Waals surface area contributed by atoms with Crippen LogP contribution in [0, 0.1) is 0 Å². The van der Waals surface area contributed by atoms with E-state index in [0.717, 1.165) is 16.1 Å². The van der Waals surface area contributed by atoms with E-state index in [4.69, 9.17) is 5.11 Å². The Bertz CT molecular complexity index is 997. The van der Waals surface area contributed by atoms with Gasteiger partial charge in [-0.1, -0.05) is 38.1 Å². The lowest BCUT2D eigenvalue weighted by Gasteiger charge is -2.21. The highest BCUT2D eigenvalue weighted by Crippen LogP contribution is 2.21. The van der Waals surface area contributed by atoms with Gasteiger partial charge in [0.25, 0.3) is 5.91 Å². The third-order valence-corrected chi connectivity index (χ3v) is 5.24. The van der Waals surface area contributed by atoms with Crippen LogP contribution in [0.4, 0.5) is 5.69 Å². The van der Waals surface area contributed by atoms with E-state index in [1.807, 2.05) is 26.0 Å². The second-order valence-corrected chi connectivity index (χ2v) is 8.64. The lowest BCUT2D eigenvalue weighted by molar-refractivity contribution is -0.119. The van der Waals surface area contributed by atoms with Gasteiger partial charge in [0.05, 0.1) is 23.7 Å². The minimum absolute atomic E-state index is 0.137. The number of carboxylic acid groups (broad SMARTS) is 1. The number of amides is 1. The molecule has 0 unspecified atom stereocenters. The standard InChI is InChI=1S/C20H23N3O5S/c1-14(2)16-8-10-18(11-9-16)23(29(3,27)28)13-19(24)22-21-12-15-4-6-17(7-5-15)20(25)26/h4-12,14H,13H2,1-3H3,(H,22,24)(H,25,26)/b21-12-. The highest BCUT2D eigenvalue weighted by molar-refractivity contribution is 7.92. The van der Waals surface area contributed by atoms with Gasteiger partial charge in [0.2, 0.25) is 10.0 Å². The van der Waals surface area contributed by atoms with E-state index >= 15 is 0 Å². The van der Waals surface area contributed by atoms with Gasteiger partial charge in [-0.2, -0.15) is 5.10 Å². The number of nitrogens with zero attached hydrogens (tertiary/aromatic N) is 2. The molecule has 0 aromatic heterocycles. The van der Waals surface area contributed by atoms with E-state index in [0.29, 0.717) is 17.2 Å². The van der Waals surface area contributed by atoms with Crippen molar-refractivity contribution < 1.29 is 23.1 Å². The first-order valence-electron chi connectivity index (χ1n) is 8.81. The SMILES string of the molecule is CC(C)c1ccc(N(CC(=O)N/N=C\c2ccc(C(=O)O)cc2)S(C)(=O)=O)cc1. The molecule has 0 spiro atoms. The molecule has 8 nitrogen and oxygen atoms in total. The van der Waals surface area contributed by atoms with Gasteiger partial charge in [0.15, 0.2) is 0 Å². The molecule has 9 heteroatoms.